The highest BCUT2D eigenvalue weighted by molar-refractivity contribution is 5.36. The SMILES string of the molecule is CCc1ccc(C(C)(N)c2cnn(CC)c2)cc1. The summed E-state index contributed by atoms with van der Waals surface area (Å²) in [6, 6.07) is 8.51. The molecule has 0 amide bonds. The monoisotopic (exact) mass is 243 g/mol. The maximum absolute atomic E-state index is 6.47. The van der Waals surface area contributed by atoms with E-state index in [9.17, 15) is 0 Å². The van der Waals surface area contributed by atoms with Crippen LogP contribution in [-0.2, 0) is 18.5 Å². The summed E-state index contributed by atoms with van der Waals surface area (Å²) >= 11 is 0. The van der Waals surface area contributed by atoms with Crippen LogP contribution in [0.2, 0.25) is 0 Å². The molecule has 0 fully saturated rings. The van der Waals surface area contributed by atoms with Crippen molar-refractivity contribution < 1.29 is 0 Å². The lowest BCUT2D eigenvalue weighted by Gasteiger charge is -2.24. The van der Waals surface area contributed by atoms with E-state index < -0.39 is 5.54 Å². The van der Waals surface area contributed by atoms with Gasteiger partial charge in [0.05, 0.1) is 11.7 Å². The van der Waals surface area contributed by atoms with E-state index >= 15 is 0 Å². The molecule has 0 bridgehead atoms. The topological polar surface area (TPSA) is 43.8 Å². The van der Waals surface area contributed by atoms with Gasteiger partial charge in [-0.15, -0.1) is 0 Å². The average Bonchev–Trinajstić information content (AvgIpc) is 2.88. The molecule has 3 nitrogen and oxygen atoms in total. The smallest absolute Gasteiger partial charge is 0.0667 e. The first-order valence-corrected chi connectivity index (χ1v) is 6.49. The minimum Gasteiger partial charge on any atom is -0.318 e. The van der Waals surface area contributed by atoms with E-state index in [-0.39, 0.29) is 0 Å². The van der Waals surface area contributed by atoms with E-state index in [4.69, 9.17) is 5.73 Å². The van der Waals surface area contributed by atoms with Crippen LogP contribution in [0.5, 0.6) is 0 Å². The fourth-order valence-electron chi connectivity index (χ4n) is 2.06. The van der Waals surface area contributed by atoms with Gasteiger partial charge in [0.25, 0.3) is 0 Å². The Morgan fingerprint density at radius 2 is 1.83 bits per heavy atom. The van der Waals surface area contributed by atoms with Crippen molar-refractivity contribution in [1.82, 2.24) is 9.78 Å². The van der Waals surface area contributed by atoms with Crippen LogP contribution >= 0.6 is 0 Å². The first-order chi connectivity index (χ1) is 8.57. The second kappa shape index (κ2) is 4.94. The van der Waals surface area contributed by atoms with Crippen LogP contribution in [0.15, 0.2) is 36.7 Å². The summed E-state index contributed by atoms with van der Waals surface area (Å²) in [6.45, 7) is 7.12. The van der Waals surface area contributed by atoms with Gasteiger partial charge in [0.1, 0.15) is 0 Å². The van der Waals surface area contributed by atoms with Gasteiger partial charge >= 0.3 is 0 Å². The zero-order valence-electron chi connectivity index (χ0n) is 11.4. The molecule has 3 heteroatoms. The fraction of sp³-hybridized carbons (Fsp3) is 0.400. The van der Waals surface area contributed by atoms with Crippen LogP contribution in [0.25, 0.3) is 0 Å². The summed E-state index contributed by atoms with van der Waals surface area (Å²) in [7, 11) is 0. The molecule has 0 saturated carbocycles. The molecule has 0 aliphatic carbocycles. The Morgan fingerprint density at radius 1 is 1.17 bits per heavy atom. The van der Waals surface area contributed by atoms with Gasteiger partial charge in [-0.2, -0.15) is 5.10 Å². The number of nitrogens with two attached hydrogens (primary N) is 1. The van der Waals surface area contributed by atoms with E-state index in [1.54, 1.807) is 0 Å². The number of nitrogens with zero attached hydrogens (tertiary/aromatic N) is 2. The van der Waals surface area contributed by atoms with Crippen molar-refractivity contribution in [3.63, 3.8) is 0 Å². The highest BCUT2D eigenvalue weighted by Crippen LogP contribution is 2.26. The third kappa shape index (κ3) is 2.31. The molecular formula is C15H21N3. The number of hydrogen-bond acceptors (Lipinski definition) is 2. The highest BCUT2D eigenvalue weighted by Gasteiger charge is 2.25. The molecule has 2 rings (SSSR count). The Balaban J connectivity index is 2.33. The van der Waals surface area contributed by atoms with Crippen molar-refractivity contribution in [3.05, 3.63) is 53.3 Å². The molecule has 2 aromatic rings. The van der Waals surface area contributed by atoms with Gasteiger partial charge in [0.2, 0.25) is 0 Å². The van der Waals surface area contributed by atoms with Gasteiger partial charge in [-0.3, -0.25) is 4.68 Å². The normalized spacial score (nSPS) is 14.4. The minimum atomic E-state index is -0.486. The van der Waals surface area contributed by atoms with Crippen molar-refractivity contribution in [2.24, 2.45) is 5.73 Å². The van der Waals surface area contributed by atoms with E-state index in [1.807, 2.05) is 24.0 Å². The molecule has 1 unspecified atom stereocenters. The third-order valence-electron chi connectivity index (χ3n) is 3.52. The summed E-state index contributed by atoms with van der Waals surface area (Å²) < 4.78 is 1.90. The number of aromatic nitrogens is 2. The van der Waals surface area contributed by atoms with Crippen molar-refractivity contribution in [1.29, 1.82) is 0 Å². The van der Waals surface area contributed by atoms with Crippen molar-refractivity contribution in [2.75, 3.05) is 0 Å². The molecular weight excluding hydrogens is 222 g/mol. The third-order valence-corrected chi connectivity index (χ3v) is 3.52. The van der Waals surface area contributed by atoms with Gasteiger partial charge in [-0.05, 0) is 31.4 Å². The molecule has 96 valence electrons. The predicted molar refractivity (Wildman–Crippen MR) is 74.4 cm³/mol. The molecule has 1 heterocycles. The summed E-state index contributed by atoms with van der Waals surface area (Å²) in [5, 5.41) is 4.30. The first-order valence-electron chi connectivity index (χ1n) is 6.49. The molecule has 0 saturated heterocycles. The average molecular weight is 243 g/mol. The van der Waals surface area contributed by atoms with Crippen LogP contribution in [0.4, 0.5) is 0 Å². The van der Waals surface area contributed by atoms with Crippen molar-refractivity contribution in [2.45, 2.75) is 39.3 Å². The molecule has 1 aromatic carbocycles. The molecule has 0 aliphatic heterocycles. The van der Waals surface area contributed by atoms with E-state index in [1.165, 1.54) is 5.56 Å². The lowest BCUT2D eigenvalue weighted by molar-refractivity contribution is 0.598. The Morgan fingerprint density at radius 3 is 2.33 bits per heavy atom. The molecule has 1 aromatic heterocycles. The Labute approximate surface area is 109 Å². The second-order valence-corrected chi connectivity index (χ2v) is 4.84. The zero-order chi connectivity index (χ0) is 13.2. The summed E-state index contributed by atoms with van der Waals surface area (Å²) in [5.74, 6) is 0. The molecule has 0 aliphatic rings. The van der Waals surface area contributed by atoms with Crippen molar-refractivity contribution >= 4 is 0 Å². The van der Waals surface area contributed by atoms with E-state index in [0.29, 0.717) is 0 Å². The van der Waals surface area contributed by atoms with Gasteiger partial charge in [-0.1, -0.05) is 31.2 Å². The Hall–Kier alpha value is -1.61. The fourth-order valence-corrected chi connectivity index (χ4v) is 2.06. The molecule has 0 radical (unpaired) electrons. The van der Waals surface area contributed by atoms with Crippen LogP contribution in [0, 0.1) is 0 Å². The number of hydrogen-bond donors (Lipinski definition) is 1. The van der Waals surface area contributed by atoms with Gasteiger partial charge in [-0.25, -0.2) is 0 Å². The maximum Gasteiger partial charge on any atom is 0.0667 e. The predicted octanol–water partition coefficient (Wildman–Crippen LogP) is 2.69. The highest BCUT2D eigenvalue weighted by atomic mass is 15.3. The Kier molecular flexibility index (Phi) is 3.53. The molecule has 18 heavy (non-hydrogen) atoms. The molecule has 1 atom stereocenters. The summed E-state index contributed by atoms with van der Waals surface area (Å²) in [6.07, 6.45) is 4.93. The summed E-state index contributed by atoms with van der Waals surface area (Å²) in [4.78, 5) is 0. The van der Waals surface area contributed by atoms with Crippen molar-refractivity contribution in [3.8, 4) is 0 Å². The van der Waals surface area contributed by atoms with Gasteiger partial charge in [0.15, 0.2) is 0 Å². The van der Waals surface area contributed by atoms with Crippen LogP contribution in [-0.4, -0.2) is 9.78 Å². The van der Waals surface area contributed by atoms with E-state index in [0.717, 1.165) is 24.1 Å². The maximum atomic E-state index is 6.47. The van der Waals surface area contributed by atoms with Crippen LogP contribution in [0.3, 0.4) is 0 Å². The second-order valence-electron chi connectivity index (χ2n) is 4.84. The largest absolute Gasteiger partial charge is 0.318 e. The first kappa shape index (κ1) is 12.8. The standard InChI is InChI=1S/C15H21N3/c1-4-12-6-8-13(9-7-12)15(3,16)14-10-17-18(5-2)11-14/h6-11H,4-5,16H2,1-3H3. The van der Waals surface area contributed by atoms with Gasteiger partial charge in [0, 0.05) is 18.3 Å². The van der Waals surface area contributed by atoms with Crippen LogP contribution in [0.1, 0.15) is 37.5 Å². The minimum absolute atomic E-state index is 0.486. The number of aryl methyl sites for hydroxylation is 2. The van der Waals surface area contributed by atoms with Crippen LogP contribution < -0.4 is 5.73 Å². The molecule has 0 spiro atoms. The zero-order valence-corrected chi connectivity index (χ0v) is 11.4. The lowest BCUT2D eigenvalue weighted by atomic mass is 9.87. The van der Waals surface area contributed by atoms with E-state index in [2.05, 4.69) is 43.2 Å². The number of rotatable bonds is 4. The molecule has 2 N–H and O–H groups in total. The summed E-state index contributed by atoms with van der Waals surface area (Å²) in [5.41, 5.74) is 9.48. The lowest BCUT2D eigenvalue weighted by Crippen LogP contribution is -2.33. The number of benzene rings is 1. The Bertz CT molecular complexity index is 509. The quantitative estimate of drug-likeness (QED) is 0.897. The van der Waals surface area contributed by atoms with Gasteiger partial charge < -0.3 is 5.73 Å².